The molecular weight excluding hydrogens is 1910 g/mol. The molecule has 17 aliphatic rings. The summed E-state index contributed by atoms with van der Waals surface area (Å²) in [6, 6.07) is 38.7. The van der Waals surface area contributed by atoms with Crippen molar-refractivity contribution in [3.63, 3.8) is 0 Å². The molecule has 16 heterocycles. The van der Waals surface area contributed by atoms with Crippen molar-refractivity contribution in [2.24, 2.45) is 0 Å². The molecular formula is C110H146N24O16. The van der Waals surface area contributed by atoms with Gasteiger partial charge in [0.05, 0.1) is 47.8 Å². The minimum absolute atomic E-state index is 0.0916. The van der Waals surface area contributed by atoms with Gasteiger partial charge in [-0.05, 0) is 187 Å². The Morgan fingerprint density at radius 3 is 0.873 bits per heavy atom. The number of nitrogens with one attached hydrogen (secondary N) is 8. The molecule has 802 valence electrons. The number of carbonyl (C=O) groups excluding carboxylic acids is 8. The van der Waals surface area contributed by atoms with Gasteiger partial charge in [0.2, 0.25) is 0 Å². The van der Waals surface area contributed by atoms with Crippen molar-refractivity contribution in [1.82, 2.24) is 123 Å². The first kappa shape index (κ1) is 105. The normalized spacial score (nSPS) is 21.3. The van der Waals surface area contributed by atoms with E-state index in [9.17, 15) is 38.4 Å². The second-order valence-electron chi connectivity index (χ2n) is 45.0. The molecule has 40 nitrogen and oxygen atoms in total. The van der Waals surface area contributed by atoms with Crippen LogP contribution in [-0.2, 0) is 6.54 Å². The number of amides is 8. The number of rotatable bonds is 34. The average molecular weight is 2060 g/mol. The van der Waals surface area contributed by atoms with Crippen LogP contribution in [-0.4, -0.2) is 320 Å². The Balaban J connectivity index is 0.000000104. The molecule has 27 rings (SSSR count). The molecule has 150 heavy (non-hydrogen) atoms. The summed E-state index contributed by atoms with van der Waals surface area (Å²) < 4.78 is 41.5. The van der Waals surface area contributed by atoms with Crippen molar-refractivity contribution < 1.29 is 74.5 Å². The van der Waals surface area contributed by atoms with Gasteiger partial charge in [0, 0.05) is 225 Å². The molecule has 9 aliphatic carbocycles. The van der Waals surface area contributed by atoms with E-state index in [0.29, 0.717) is 111 Å². The smallest absolute Gasteiger partial charge is 0.273 e. The monoisotopic (exact) mass is 2060 g/mol. The van der Waals surface area contributed by atoms with Crippen molar-refractivity contribution in [3.05, 3.63) is 212 Å². The lowest BCUT2D eigenvalue weighted by molar-refractivity contribution is 0.0604. The van der Waals surface area contributed by atoms with Crippen LogP contribution < -0.4 is 42.5 Å². The topological polar surface area (TPSA) is 467 Å². The minimum Gasteiger partial charge on any atom is -0.360 e. The Kier molecular flexibility index (Phi) is 32.9. The predicted octanol–water partition coefficient (Wildman–Crippen LogP) is 11.7. The van der Waals surface area contributed by atoms with Crippen LogP contribution in [0.1, 0.15) is 364 Å². The third-order valence-corrected chi connectivity index (χ3v) is 30.6. The lowest BCUT2D eigenvalue weighted by Crippen LogP contribution is -2.67. The Morgan fingerprint density at radius 1 is 0.327 bits per heavy atom. The molecule has 8 aliphatic heterocycles. The zero-order chi connectivity index (χ0) is 104. The van der Waals surface area contributed by atoms with E-state index < -0.39 is 0 Å². The van der Waals surface area contributed by atoms with Gasteiger partial charge in [0.15, 0.2) is 45.6 Å². The summed E-state index contributed by atoms with van der Waals surface area (Å²) in [6.07, 6.45) is 23.3. The standard InChI is InChI=1S/C19H23N3O2.C17H19N3O2.C13H17N3O2.2C13H19N3O2.2C12H17N3O2.C11H15N3O2/c1-2-17(13-6-4-3-5-7-13)22-11-15(12-22)20-19(23)16-10-18(24-21-16)14-8-9-14;21-17(15-8-16(22-19-15)13-6-7-13)18-14-10-20(11-14)9-12-4-2-1-3-5-12;17-13(11-5-12(18-15-11)8-1-2-8)14-9-6-16(7-9)10-3-4-10;1-8(2)16-6-10(7-16)14-13(17)11-5-12(18-15-11)9-3-4-9;1-2-5-16-7-10(8-16)14-13(17)11-6-12(18-15-11)9-3-4-9;1-12(6-15(2)7-12)13-11(16)9-5-10(17-14-9)8-3-4-8;1-2-15-6-9(7-15)13-12(16)10-5-11(17-14-10)8-3-4-8;1-14-5-8(6-14)12-11(15)9-4-10(16-13-9)7-2-3-7/h3-7,10,14-15,17H,2,8-9,11-12H2,1H3,(H,20,23);1-5,8,13-14H,6-7,9-11H2,(H,18,21);5,8-10H,1-4,6-7H2,(H,14,17);5,8-10H,3-4,6-7H2,1-2H3,(H,14,17);6,9-10H,2-5,7-8H2,1H3,(H,14,17);5,8H,3-4,6-7H2,1-2H3,(H,13,16);5,8-9H,2-4,6-7H2,1H3,(H,13,16);4,7-8H,2-3,5-6H2,1H3,(H,12,15). The first-order valence-corrected chi connectivity index (χ1v) is 54.8. The molecule has 1 atom stereocenters. The van der Waals surface area contributed by atoms with E-state index in [1.807, 2.05) is 33.2 Å². The van der Waals surface area contributed by atoms with E-state index >= 15 is 0 Å². The van der Waals surface area contributed by atoms with Crippen molar-refractivity contribution in [3.8, 4) is 0 Å². The molecule has 17 fully saturated rings. The second-order valence-corrected chi connectivity index (χ2v) is 45.0. The summed E-state index contributed by atoms with van der Waals surface area (Å²) in [4.78, 5) is 114. The maximum Gasteiger partial charge on any atom is 0.273 e. The zero-order valence-corrected chi connectivity index (χ0v) is 87.5. The summed E-state index contributed by atoms with van der Waals surface area (Å²) in [7, 11) is 4.07. The summed E-state index contributed by atoms with van der Waals surface area (Å²) >= 11 is 0. The maximum atomic E-state index is 12.3. The fourth-order valence-electron chi connectivity index (χ4n) is 20.1. The van der Waals surface area contributed by atoms with Crippen molar-refractivity contribution >= 4 is 47.3 Å². The fraction of sp³-hybridized carbons (Fsp3) is 0.600. The molecule has 0 radical (unpaired) electrons. The van der Waals surface area contributed by atoms with Crippen LogP contribution in [0.25, 0.3) is 0 Å². The Morgan fingerprint density at radius 2 is 0.600 bits per heavy atom. The molecule has 0 bridgehead atoms. The van der Waals surface area contributed by atoms with E-state index in [1.165, 1.54) is 24.0 Å². The summed E-state index contributed by atoms with van der Waals surface area (Å²) in [5.74, 6) is 9.93. The van der Waals surface area contributed by atoms with E-state index in [4.69, 9.17) is 36.2 Å². The summed E-state index contributed by atoms with van der Waals surface area (Å²) in [5.41, 5.74) is 5.85. The van der Waals surface area contributed by atoms with Crippen LogP contribution in [0, 0.1) is 0 Å². The largest absolute Gasteiger partial charge is 0.360 e. The summed E-state index contributed by atoms with van der Waals surface area (Å²) in [5, 5.41) is 54.8. The first-order valence-electron chi connectivity index (χ1n) is 54.8. The number of benzene rings is 2. The highest BCUT2D eigenvalue weighted by atomic mass is 16.5. The lowest BCUT2D eigenvalue weighted by Gasteiger charge is -2.46. The van der Waals surface area contributed by atoms with Crippen LogP contribution >= 0.6 is 0 Å². The van der Waals surface area contributed by atoms with Gasteiger partial charge in [-0.2, -0.15) is 0 Å². The average Bonchev–Trinajstić information content (AvgIpc) is 1.25. The number of nitrogens with zero attached hydrogens (tertiary/aromatic N) is 16. The van der Waals surface area contributed by atoms with Gasteiger partial charge >= 0.3 is 0 Å². The first-order chi connectivity index (χ1) is 72.7. The summed E-state index contributed by atoms with van der Waals surface area (Å²) in [6.45, 7) is 30.7. The molecule has 10 aromatic rings. The molecule has 9 saturated carbocycles. The molecule has 0 spiro atoms. The van der Waals surface area contributed by atoms with Crippen molar-refractivity contribution in [2.45, 2.75) is 290 Å². The van der Waals surface area contributed by atoms with Gasteiger partial charge in [-0.15, -0.1) is 0 Å². The van der Waals surface area contributed by atoms with Gasteiger partial charge in [-0.3, -0.25) is 67.8 Å². The highest BCUT2D eigenvalue weighted by molar-refractivity contribution is 5.96. The third-order valence-electron chi connectivity index (χ3n) is 30.6. The molecule has 8 aromatic heterocycles. The van der Waals surface area contributed by atoms with Gasteiger partial charge in [-0.25, -0.2) is 0 Å². The number of hydrogen-bond acceptors (Lipinski definition) is 32. The van der Waals surface area contributed by atoms with Crippen LogP contribution in [0.4, 0.5) is 0 Å². The fourth-order valence-corrected chi connectivity index (χ4v) is 20.1. The zero-order valence-electron chi connectivity index (χ0n) is 87.5. The molecule has 2 aromatic carbocycles. The van der Waals surface area contributed by atoms with Crippen LogP contribution in [0.15, 0.2) is 145 Å². The number of likely N-dealkylation sites (N-methyl/N-ethyl adjacent to an activating group) is 3. The molecule has 8 N–H and O–H groups in total. The SMILES string of the molecule is CC(C)N1CC(NC(=O)c2cc(C3CC3)on2)C1.CCC(c1ccccc1)N1CC(NC(=O)c2cc(C3CC3)on2)C1.CCCN1CC(NC(=O)c2cc(C3CC3)on2)C1.CCN1CC(NC(=O)c2cc(C3CC3)on2)C1.CN1CC(C)(NC(=O)c2cc(C3CC3)on2)C1.CN1CC(NC(=O)c2cc(C3CC3)on2)C1.O=C(NC1CN(C2CC2)C1)c1cc(C2CC2)on1.O=C(NC1CN(Cc2ccccc2)C1)c1cc(C2CC2)on1. The van der Waals surface area contributed by atoms with Gasteiger partial charge < -0.3 is 88.5 Å². The van der Waals surface area contributed by atoms with Gasteiger partial charge in [0.25, 0.3) is 47.3 Å². The van der Waals surface area contributed by atoms with Crippen LogP contribution in [0.2, 0.25) is 0 Å². The highest BCUT2D eigenvalue weighted by Gasteiger charge is 2.45. The van der Waals surface area contributed by atoms with E-state index in [1.54, 1.807) is 48.5 Å². The Labute approximate surface area is 873 Å². The number of hydrogen-bond donors (Lipinski definition) is 8. The Hall–Kier alpha value is -12.4. The maximum absolute atomic E-state index is 12.3. The van der Waals surface area contributed by atoms with Crippen molar-refractivity contribution in [2.75, 3.05) is 132 Å². The highest BCUT2D eigenvalue weighted by Crippen LogP contribution is 2.47. The van der Waals surface area contributed by atoms with E-state index in [2.05, 4.69) is 206 Å². The van der Waals surface area contributed by atoms with Crippen molar-refractivity contribution in [1.29, 1.82) is 0 Å². The number of carbonyl (C=O) groups is 8. The minimum atomic E-state index is -0.128. The number of aromatic nitrogens is 8. The lowest BCUT2D eigenvalue weighted by atomic mass is 9.93. The third kappa shape index (κ3) is 28.7. The molecule has 1 unspecified atom stereocenters. The van der Waals surface area contributed by atoms with Gasteiger partial charge in [0.1, 0.15) is 46.1 Å². The van der Waals surface area contributed by atoms with Crippen LogP contribution in [0.5, 0.6) is 0 Å². The second kappa shape index (κ2) is 47.2. The molecule has 8 saturated heterocycles. The van der Waals surface area contributed by atoms with E-state index in [0.717, 1.165) is 292 Å². The predicted molar refractivity (Wildman–Crippen MR) is 550 cm³/mol. The molecule has 8 amide bonds. The Bertz CT molecular complexity index is 6100. The van der Waals surface area contributed by atoms with Gasteiger partial charge in [-0.1, -0.05) is 123 Å². The quantitative estimate of drug-likeness (QED) is 0.0186. The van der Waals surface area contributed by atoms with E-state index in [-0.39, 0.29) is 89.0 Å². The number of likely N-dealkylation sites (tertiary alicyclic amines) is 8. The van der Waals surface area contributed by atoms with Crippen LogP contribution in [0.3, 0.4) is 0 Å². The molecule has 40 heteroatoms.